The van der Waals surface area contributed by atoms with Crippen LogP contribution in [0.15, 0.2) is 0 Å². The van der Waals surface area contributed by atoms with Crippen molar-refractivity contribution in [3.05, 3.63) is 0 Å². The van der Waals surface area contributed by atoms with Gasteiger partial charge in [-0.05, 0) is 18.8 Å². The summed E-state index contributed by atoms with van der Waals surface area (Å²) >= 11 is 0. The maximum Gasteiger partial charge on any atom is 0.411 e. The van der Waals surface area contributed by atoms with Crippen LogP contribution in [0.5, 0.6) is 0 Å². The van der Waals surface area contributed by atoms with E-state index in [0.717, 1.165) is 25.7 Å². The van der Waals surface area contributed by atoms with Gasteiger partial charge in [0.2, 0.25) is 0 Å². The fraction of sp³-hybridized carbons (Fsp3) is 0.909. The first-order chi connectivity index (χ1) is 7.38. The van der Waals surface area contributed by atoms with E-state index in [4.69, 9.17) is 0 Å². The van der Waals surface area contributed by atoms with Crippen LogP contribution >= 0.6 is 0 Å². The molecule has 0 radical (unpaired) electrons. The first-order valence-corrected chi connectivity index (χ1v) is 5.55. The van der Waals surface area contributed by atoms with Crippen molar-refractivity contribution < 1.29 is 22.7 Å². The summed E-state index contributed by atoms with van der Waals surface area (Å²) in [5.41, 5.74) is 0. The lowest BCUT2D eigenvalue weighted by atomic mass is 9.80. The van der Waals surface area contributed by atoms with Gasteiger partial charge < -0.3 is 4.74 Å². The van der Waals surface area contributed by atoms with Gasteiger partial charge in [-0.3, -0.25) is 4.79 Å². The van der Waals surface area contributed by atoms with Crippen LogP contribution < -0.4 is 0 Å². The van der Waals surface area contributed by atoms with Crippen molar-refractivity contribution in [3.63, 3.8) is 0 Å². The number of hydrogen-bond acceptors (Lipinski definition) is 2. The molecule has 0 amide bonds. The molecule has 0 aromatic carbocycles. The monoisotopic (exact) mass is 238 g/mol. The van der Waals surface area contributed by atoms with Gasteiger partial charge in [0.1, 0.15) is 13.2 Å². The van der Waals surface area contributed by atoms with Crippen LogP contribution in [0, 0.1) is 11.8 Å². The maximum absolute atomic E-state index is 11.8. The lowest BCUT2D eigenvalue weighted by Gasteiger charge is -2.25. The molecular weight excluding hydrogens is 221 g/mol. The zero-order valence-electron chi connectivity index (χ0n) is 9.35. The van der Waals surface area contributed by atoms with E-state index in [1.165, 1.54) is 0 Å². The van der Waals surface area contributed by atoms with E-state index in [0.29, 0.717) is 5.92 Å². The average Bonchev–Trinajstić information content (AvgIpc) is 2.15. The molecule has 1 rings (SSSR count). The second kappa shape index (κ2) is 5.66. The summed E-state index contributed by atoms with van der Waals surface area (Å²) in [6.45, 7) is 0.327. The molecule has 0 heterocycles. The van der Waals surface area contributed by atoms with Crippen LogP contribution in [0.1, 0.15) is 32.6 Å². The number of hydrogen-bond donors (Lipinski definition) is 0. The summed E-state index contributed by atoms with van der Waals surface area (Å²) in [5.74, 6) is 0.207. The van der Waals surface area contributed by atoms with Gasteiger partial charge in [-0.25, -0.2) is 0 Å². The lowest BCUT2D eigenvalue weighted by molar-refractivity contribution is -0.176. The van der Waals surface area contributed by atoms with Gasteiger partial charge in [0.05, 0.1) is 0 Å². The summed E-state index contributed by atoms with van der Waals surface area (Å²) in [7, 11) is 0. The van der Waals surface area contributed by atoms with Crippen molar-refractivity contribution in [1.82, 2.24) is 0 Å². The highest BCUT2D eigenvalue weighted by atomic mass is 19.4. The van der Waals surface area contributed by atoms with Crippen LogP contribution in [0.3, 0.4) is 0 Å². The minimum atomic E-state index is -4.35. The molecule has 2 atom stereocenters. The summed E-state index contributed by atoms with van der Waals surface area (Å²) in [4.78, 5) is 11.5. The molecule has 2 nitrogen and oxygen atoms in total. The summed E-state index contributed by atoms with van der Waals surface area (Å²) < 4.78 is 39.7. The Balaban J connectivity index is 2.24. The Morgan fingerprint density at radius 2 is 2.06 bits per heavy atom. The van der Waals surface area contributed by atoms with Gasteiger partial charge in [-0.15, -0.1) is 0 Å². The van der Waals surface area contributed by atoms with Gasteiger partial charge in [0.25, 0.3) is 0 Å². The molecule has 0 aromatic rings. The molecule has 1 fully saturated rings. The molecule has 0 spiro atoms. The molecule has 0 bridgehead atoms. The lowest BCUT2D eigenvalue weighted by Crippen LogP contribution is -2.27. The van der Waals surface area contributed by atoms with Crippen molar-refractivity contribution >= 4 is 5.78 Å². The predicted octanol–water partition coefficient (Wildman–Crippen LogP) is 2.96. The Morgan fingerprint density at radius 1 is 1.38 bits per heavy atom. The molecule has 1 aliphatic rings. The van der Waals surface area contributed by atoms with Gasteiger partial charge >= 0.3 is 6.18 Å². The number of carbonyl (C=O) groups excluding carboxylic acids is 1. The fourth-order valence-corrected chi connectivity index (χ4v) is 2.11. The predicted molar refractivity (Wildman–Crippen MR) is 53.0 cm³/mol. The highest BCUT2D eigenvalue weighted by Crippen LogP contribution is 2.29. The number of rotatable bonds is 4. The van der Waals surface area contributed by atoms with Crippen molar-refractivity contribution in [3.8, 4) is 0 Å². The molecule has 0 saturated heterocycles. The third kappa shape index (κ3) is 4.96. The quantitative estimate of drug-likeness (QED) is 0.752. The number of carbonyl (C=O) groups is 1. The van der Waals surface area contributed by atoms with E-state index in [-0.39, 0.29) is 11.7 Å². The van der Waals surface area contributed by atoms with Crippen LogP contribution in [0.2, 0.25) is 0 Å². The van der Waals surface area contributed by atoms with E-state index in [2.05, 4.69) is 11.7 Å². The maximum atomic E-state index is 11.8. The minimum Gasteiger partial charge on any atom is -0.364 e. The Kier molecular flexibility index (Phi) is 4.77. The fourth-order valence-electron chi connectivity index (χ4n) is 2.11. The SMILES string of the molecule is CC1CCCC(C(=O)COCC(F)(F)F)C1. The van der Waals surface area contributed by atoms with Gasteiger partial charge in [-0.2, -0.15) is 13.2 Å². The molecule has 94 valence electrons. The average molecular weight is 238 g/mol. The number of ether oxygens (including phenoxy) is 1. The number of ketones is 1. The standard InChI is InChI=1S/C11H17F3O2/c1-8-3-2-4-9(5-8)10(15)6-16-7-11(12,13)14/h8-9H,2-7H2,1H3. The molecule has 0 N–H and O–H groups in total. The minimum absolute atomic E-state index is 0.100. The summed E-state index contributed by atoms with van der Waals surface area (Å²) in [6.07, 6.45) is -0.684. The molecule has 1 aliphatic carbocycles. The molecule has 16 heavy (non-hydrogen) atoms. The highest BCUT2D eigenvalue weighted by Gasteiger charge is 2.29. The Labute approximate surface area is 93.2 Å². The second-order valence-corrected chi connectivity index (χ2v) is 4.54. The van der Waals surface area contributed by atoms with E-state index in [1.807, 2.05) is 0 Å². The largest absolute Gasteiger partial charge is 0.411 e. The van der Waals surface area contributed by atoms with E-state index in [9.17, 15) is 18.0 Å². The van der Waals surface area contributed by atoms with Crippen molar-refractivity contribution in [2.24, 2.45) is 11.8 Å². The molecule has 0 aromatic heterocycles. The van der Waals surface area contributed by atoms with Crippen LogP contribution in [-0.2, 0) is 9.53 Å². The smallest absolute Gasteiger partial charge is 0.364 e. The Bertz CT molecular complexity index is 238. The topological polar surface area (TPSA) is 26.3 Å². The molecule has 1 saturated carbocycles. The molecular formula is C11H17F3O2. The van der Waals surface area contributed by atoms with E-state index in [1.54, 1.807) is 0 Å². The zero-order valence-corrected chi connectivity index (χ0v) is 9.35. The van der Waals surface area contributed by atoms with Gasteiger partial charge in [-0.1, -0.05) is 19.8 Å². The van der Waals surface area contributed by atoms with Crippen molar-refractivity contribution in [2.45, 2.75) is 38.8 Å². The van der Waals surface area contributed by atoms with E-state index < -0.39 is 19.4 Å². The highest BCUT2D eigenvalue weighted by molar-refractivity contribution is 5.82. The molecule has 2 unspecified atom stereocenters. The van der Waals surface area contributed by atoms with Gasteiger partial charge in [0, 0.05) is 5.92 Å². The van der Waals surface area contributed by atoms with Crippen LogP contribution in [0.25, 0.3) is 0 Å². The third-order valence-electron chi connectivity index (χ3n) is 2.90. The Morgan fingerprint density at radius 3 is 2.62 bits per heavy atom. The van der Waals surface area contributed by atoms with Crippen LogP contribution in [-0.4, -0.2) is 25.2 Å². The van der Waals surface area contributed by atoms with Crippen molar-refractivity contribution in [1.29, 1.82) is 0 Å². The summed E-state index contributed by atoms with van der Waals surface area (Å²) in [6, 6.07) is 0. The summed E-state index contributed by atoms with van der Waals surface area (Å²) in [5, 5.41) is 0. The zero-order chi connectivity index (χ0) is 12.2. The number of alkyl halides is 3. The Hall–Kier alpha value is -0.580. The van der Waals surface area contributed by atoms with Gasteiger partial charge in [0.15, 0.2) is 5.78 Å². The first kappa shape index (κ1) is 13.5. The first-order valence-electron chi connectivity index (χ1n) is 5.55. The number of halogens is 3. The molecule has 5 heteroatoms. The number of Topliss-reactive ketones (excluding diaryl/α,β-unsaturated/α-hetero) is 1. The van der Waals surface area contributed by atoms with Crippen LogP contribution in [0.4, 0.5) is 13.2 Å². The van der Waals surface area contributed by atoms with Crippen molar-refractivity contribution in [2.75, 3.05) is 13.2 Å². The second-order valence-electron chi connectivity index (χ2n) is 4.54. The van der Waals surface area contributed by atoms with E-state index >= 15 is 0 Å². The third-order valence-corrected chi connectivity index (χ3v) is 2.90. The molecule has 0 aliphatic heterocycles. The normalized spacial score (nSPS) is 26.8.